The highest BCUT2D eigenvalue weighted by atomic mass is 16.5. The van der Waals surface area contributed by atoms with E-state index in [4.69, 9.17) is 13.9 Å². The van der Waals surface area contributed by atoms with Crippen LogP contribution in [0.25, 0.3) is 5.76 Å². The van der Waals surface area contributed by atoms with Crippen molar-refractivity contribution in [3.05, 3.63) is 120 Å². The molecule has 7 nitrogen and oxygen atoms in total. The number of benzene rings is 3. The highest BCUT2D eigenvalue weighted by Crippen LogP contribution is 2.41. The number of rotatable bonds is 8. The van der Waals surface area contributed by atoms with Crippen molar-refractivity contribution in [1.29, 1.82) is 0 Å². The van der Waals surface area contributed by atoms with Crippen LogP contribution in [0.5, 0.6) is 17.2 Å². The number of carbonyl (C=O) groups is 2. The SMILES string of the molecule is CCOc1ccc(C(O)=C2C(=O)C(=O)N(Cc3ccco3)C2c2cccc(Oc3ccccc3)c2)cc1. The monoisotopic (exact) mass is 495 g/mol. The number of furan rings is 1. The molecule has 3 aromatic carbocycles. The highest BCUT2D eigenvalue weighted by Gasteiger charge is 2.46. The fourth-order valence-electron chi connectivity index (χ4n) is 4.36. The van der Waals surface area contributed by atoms with Gasteiger partial charge in [-0.15, -0.1) is 0 Å². The third-order valence-corrected chi connectivity index (χ3v) is 6.04. The van der Waals surface area contributed by atoms with Gasteiger partial charge in [0.15, 0.2) is 0 Å². The summed E-state index contributed by atoms with van der Waals surface area (Å²) >= 11 is 0. The number of ketones is 1. The summed E-state index contributed by atoms with van der Waals surface area (Å²) in [5.41, 5.74) is 1.02. The Morgan fingerprint density at radius 3 is 2.35 bits per heavy atom. The molecule has 1 atom stereocenters. The van der Waals surface area contributed by atoms with E-state index in [1.165, 1.54) is 11.2 Å². The zero-order valence-corrected chi connectivity index (χ0v) is 20.2. The Kier molecular flexibility index (Phi) is 6.76. The predicted molar refractivity (Wildman–Crippen MR) is 137 cm³/mol. The molecule has 1 N–H and O–H groups in total. The second kappa shape index (κ2) is 10.5. The summed E-state index contributed by atoms with van der Waals surface area (Å²) in [6.45, 7) is 2.45. The third kappa shape index (κ3) is 4.97. The molecule has 1 unspecified atom stereocenters. The number of hydrogen-bond donors (Lipinski definition) is 1. The summed E-state index contributed by atoms with van der Waals surface area (Å²) in [5, 5.41) is 11.3. The summed E-state index contributed by atoms with van der Waals surface area (Å²) in [7, 11) is 0. The molecule has 186 valence electrons. The van der Waals surface area contributed by atoms with E-state index < -0.39 is 17.7 Å². The van der Waals surface area contributed by atoms with E-state index in [1.807, 2.05) is 37.3 Å². The van der Waals surface area contributed by atoms with Crippen LogP contribution in [0.4, 0.5) is 0 Å². The molecule has 2 heterocycles. The zero-order valence-electron chi connectivity index (χ0n) is 20.2. The molecule has 0 saturated carbocycles. The first kappa shape index (κ1) is 23.9. The first-order valence-corrected chi connectivity index (χ1v) is 11.9. The van der Waals surface area contributed by atoms with Crippen LogP contribution in [-0.4, -0.2) is 28.3 Å². The van der Waals surface area contributed by atoms with Crippen LogP contribution >= 0.6 is 0 Å². The average Bonchev–Trinajstić information content (AvgIpc) is 3.52. The van der Waals surface area contributed by atoms with Crippen molar-refractivity contribution in [3.8, 4) is 17.2 Å². The van der Waals surface area contributed by atoms with Gasteiger partial charge in [-0.3, -0.25) is 9.59 Å². The minimum absolute atomic E-state index is 0.00224. The highest BCUT2D eigenvalue weighted by molar-refractivity contribution is 6.46. The Bertz CT molecular complexity index is 1420. The fraction of sp³-hybridized carbons (Fsp3) is 0.133. The number of amides is 1. The van der Waals surface area contributed by atoms with Gasteiger partial charge in [0.1, 0.15) is 28.8 Å². The Labute approximate surface area is 214 Å². The van der Waals surface area contributed by atoms with E-state index in [1.54, 1.807) is 60.7 Å². The lowest BCUT2D eigenvalue weighted by atomic mass is 9.95. The zero-order chi connectivity index (χ0) is 25.8. The van der Waals surface area contributed by atoms with E-state index in [9.17, 15) is 14.7 Å². The number of aliphatic hydroxyl groups is 1. The normalized spacial score (nSPS) is 16.7. The van der Waals surface area contributed by atoms with Crippen molar-refractivity contribution in [2.24, 2.45) is 0 Å². The van der Waals surface area contributed by atoms with Gasteiger partial charge in [-0.1, -0.05) is 30.3 Å². The molecule has 0 spiro atoms. The quantitative estimate of drug-likeness (QED) is 0.181. The van der Waals surface area contributed by atoms with Crippen LogP contribution in [0, 0.1) is 0 Å². The molecule has 1 aliphatic rings. The lowest BCUT2D eigenvalue weighted by Gasteiger charge is -2.25. The van der Waals surface area contributed by atoms with Crippen LogP contribution in [0.15, 0.2) is 107 Å². The summed E-state index contributed by atoms with van der Waals surface area (Å²) in [6, 6.07) is 25.8. The summed E-state index contributed by atoms with van der Waals surface area (Å²) in [4.78, 5) is 27.9. The largest absolute Gasteiger partial charge is 0.507 e. The second-order valence-electron chi connectivity index (χ2n) is 8.45. The number of hydrogen-bond acceptors (Lipinski definition) is 6. The van der Waals surface area contributed by atoms with Gasteiger partial charge < -0.3 is 23.9 Å². The van der Waals surface area contributed by atoms with Gasteiger partial charge in [0.25, 0.3) is 11.7 Å². The maximum Gasteiger partial charge on any atom is 0.296 e. The van der Waals surface area contributed by atoms with Gasteiger partial charge in [-0.2, -0.15) is 0 Å². The third-order valence-electron chi connectivity index (χ3n) is 6.04. The smallest absolute Gasteiger partial charge is 0.296 e. The van der Waals surface area contributed by atoms with Crippen LogP contribution in [-0.2, 0) is 16.1 Å². The minimum atomic E-state index is -0.851. The molecule has 1 saturated heterocycles. The average molecular weight is 496 g/mol. The lowest BCUT2D eigenvalue weighted by molar-refractivity contribution is -0.140. The van der Waals surface area contributed by atoms with Crippen LogP contribution in [0.3, 0.4) is 0 Å². The summed E-state index contributed by atoms with van der Waals surface area (Å²) in [6.07, 6.45) is 1.51. The van der Waals surface area contributed by atoms with Gasteiger partial charge >= 0.3 is 0 Å². The van der Waals surface area contributed by atoms with Gasteiger partial charge in [0.2, 0.25) is 0 Å². The number of aliphatic hydroxyl groups excluding tert-OH is 1. The fourth-order valence-corrected chi connectivity index (χ4v) is 4.36. The van der Waals surface area contributed by atoms with Crippen molar-refractivity contribution in [2.45, 2.75) is 19.5 Å². The van der Waals surface area contributed by atoms with E-state index in [-0.39, 0.29) is 17.9 Å². The van der Waals surface area contributed by atoms with E-state index in [0.717, 1.165) is 0 Å². The van der Waals surface area contributed by atoms with Crippen molar-refractivity contribution in [1.82, 2.24) is 4.90 Å². The maximum atomic E-state index is 13.3. The maximum absolute atomic E-state index is 13.3. The molecule has 0 radical (unpaired) electrons. The van der Waals surface area contributed by atoms with Gasteiger partial charge in [-0.05, 0) is 73.2 Å². The van der Waals surface area contributed by atoms with E-state index in [0.29, 0.717) is 40.7 Å². The number of para-hydroxylation sites is 1. The molecular formula is C30H25NO6. The number of nitrogens with zero attached hydrogens (tertiary/aromatic N) is 1. The molecule has 4 aromatic rings. The molecule has 37 heavy (non-hydrogen) atoms. The molecular weight excluding hydrogens is 470 g/mol. The number of ether oxygens (including phenoxy) is 2. The molecule has 1 aromatic heterocycles. The Hall–Kier alpha value is -4.78. The van der Waals surface area contributed by atoms with Gasteiger partial charge in [0, 0.05) is 5.56 Å². The molecule has 1 amide bonds. The Morgan fingerprint density at radius 2 is 1.65 bits per heavy atom. The molecule has 1 fully saturated rings. The van der Waals surface area contributed by atoms with Crippen LogP contribution in [0.2, 0.25) is 0 Å². The molecule has 0 aliphatic carbocycles. The first-order chi connectivity index (χ1) is 18.0. The van der Waals surface area contributed by atoms with Crippen molar-refractivity contribution < 1.29 is 28.6 Å². The van der Waals surface area contributed by atoms with Crippen LogP contribution < -0.4 is 9.47 Å². The van der Waals surface area contributed by atoms with Crippen LogP contribution in [0.1, 0.15) is 29.9 Å². The van der Waals surface area contributed by atoms with Gasteiger partial charge in [-0.25, -0.2) is 0 Å². The van der Waals surface area contributed by atoms with E-state index >= 15 is 0 Å². The number of likely N-dealkylation sites (tertiary alicyclic amines) is 1. The molecule has 7 heteroatoms. The molecule has 5 rings (SSSR count). The summed E-state index contributed by atoms with van der Waals surface area (Å²) in [5.74, 6) is 0.597. The van der Waals surface area contributed by atoms with Crippen molar-refractivity contribution in [2.75, 3.05) is 6.61 Å². The minimum Gasteiger partial charge on any atom is -0.507 e. The van der Waals surface area contributed by atoms with Crippen molar-refractivity contribution in [3.63, 3.8) is 0 Å². The predicted octanol–water partition coefficient (Wildman–Crippen LogP) is 6.09. The van der Waals surface area contributed by atoms with E-state index in [2.05, 4.69) is 0 Å². The topological polar surface area (TPSA) is 89.2 Å². The van der Waals surface area contributed by atoms with Crippen molar-refractivity contribution >= 4 is 17.4 Å². The Morgan fingerprint density at radius 1 is 0.892 bits per heavy atom. The Balaban J connectivity index is 1.58. The number of Topliss-reactive ketones (excluding diaryl/α,β-unsaturated/α-hetero) is 1. The number of carbonyl (C=O) groups excluding carboxylic acids is 2. The standard InChI is InChI=1S/C30H25NO6/c1-2-35-22-15-13-20(14-16-22)28(32)26-27(31(30(34)29(26)33)19-25-12-7-17-36-25)21-8-6-11-24(18-21)37-23-9-4-3-5-10-23/h3-18,27,32H,2,19H2,1H3. The molecule has 0 bridgehead atoms. The molecule has 1 aliphatic heterocycles. The second-order valence-corrected chi connectivity index (χ2v) is 8.45. The van der Waals surface area contributed by atoms with Gasteiger partial charge in [0.05, 0.1) is 31.0 Å². The lowest BCUT2D eigenvalue weighted by Crippen LogP contribution is -2.29. The first-order valence-electron chi connectivity index (χ1n) is 11.9. The summed E-state index contributed by atoms with van der Waals surface area (Å²) < 4.78 is 16.9.